The zero-order valence-electron chi connectivity index (χ0n) is 12.4. The quantitative estimate of drug-likeness (QED) is 0.920. The fourth-order valence-electron chi connectivity index (χ4n) is 2.51. The van der Waals surface area contributed by atoms with E-state index in [4.69, 9.17) is 9.84 Å². The number of carbonyl (C=O) groups is 1. The first-order valence-corrected chi connectivity index (χ1v) is 7.22. The van der Waals surface area contributed by atoms with E-state index in [9.17, 15) is 4.79 Å². The van der Waals surface area contributed by atoms with E-state index in [1.807, 2.05) is 12.1 Å². The van der Waals surface area contributed by atoms with Crippen molar-refractivity contribution in [3.8, 4) is 5.75 Å². The Labute approximate surface area is 120 Å². The van der Waals surface area contributed by atoms with Crippen LogP contribution >= 0.6 is 0 Å². The number of carboxylic acids is 1. The molecule has 1 aliphatic rings. The average Bonchev–Trinajstić information content (AvgIpc) is 2.39. The molecule has 2 rings (SSSR count). The fourth-order valence-corrected chi connectivity index (χ4v) is 2.51. The molecule has 1 aromatic heterocycles. The summed E-state index contributed by atoms with van der Waals surface area (Å²) < 4.78 is 5.90. The van der Waals surface area contributed by atoms with E-state index in [-0.39, 0.29) is 17.4 Å². The second kappa shape index (κ2) is 5.81. The molecular formula is C16H23NO3. The van der Waals surface area contributed by atoms with Gasteiger partial charge in [0.15, 0.2) is 0 Å². The molecule has 1 heterocycles. The van der Waals surface area contributed by atoms with Crippen LogP contribution in [0.1, 0.15) is 52.1 Å². The smallest absolute Gasteiger partial charge is 0.306 e. The molecule has 0 radical (unpaired) electrons. The minimum atomic E-state index is -0.681. The molecule has 1 saturated carbocycles. The van der Waals surface area contributed by atoms with Crippen LogP contribution in [0.2, 0.25) is 0 Å². The molecule has 4 heteroatoms. The van der Waals surface area contributed by atoms with E-state index in [2.05, 4.69) is 25.8 Å². The summed E-state index contributed by atoms with van der Waals surface area (Å²) in [5.74, 6) is -0.104. The van der Waals surface area contributed by atoms with E-state index < -0.39 is 5.97 Å². The van der Waals surface area contributed by atoms with E-state index in [0.29, 0.717) is 12.8 Å². The Bertz CT molecular complexity index is 454. The maximum Gasteiger partial charge on any atom is 0.306 e. The minimum absolute atomic E-state index is 0.0398. The first-order chi connectivity index (χ1) is 9.36. The summed E-state index contributed by atoms with van der Waals surface area (Å²) in [5.41, 5.74) is 1.08. The molecule has 1 aromatic rings. The summed E-state index contributed by atoms with van der Waals surface area (Å²) in [6, 6.07) is 3.95. The molecule has 110 valence electrons. The first-order valence-electron chi connectivity index (χ1n) is 7.22. The maximum absolute atomic E-state index is 10.9. The zero-order valence-corrected chi connectivity index (χ0v) is 12.4. The van der Waals surface area contributed by atoms with Crippen molar-refractivity contribution in [3.05, 3.63) is 24.0 Å². The number of rotatable bonds is 3. The second-order valence-corrected chi connectivity index (χ2v) is 6.56. The summed E-state index contributed by atoms with van der Waals surface area (Å²) in [6.07, 6.45) is 4.90. The van der Waals surface area contributed by atoms with E-state index in [1.54, 1.807) is 6.20 Å². The molecule has 0 saturated heterocycles. The van der Waals surface area contributed by atoms with Crippen molar-refractivity contribution in [3.63, 3.8) is 0 Å². The molecule has 0 bridgehead atoms. The Kier molecular flexibility index (Phi) is 4.31. The van der Waals surface area contributed by atoms with Gasteiger partial charge in [-0.25, -0.2) is 0 Å². The third-order valence-electron chi connectivity index (χ3n) is 3.83. The second-order valence-electron chi connectivity index (χ2n) is 6.56. The van der Waals surface area contributed by atoms with Crippen LogP contribution in [0.4, 0.5) is 0 Å². The lowest BCUT2D eigenvalue weighted by Gasteiger charge is -2.27. The van der Waals surface area contributed by atoms with Crippen molar-refractivity contribution in [2.24, 2.45) is 5.92 Å². The lowest BCUT2D eigenvalue weighted by Crippen LogP contribution is -2.27. The van der Waals surface area contributed by atoms with Gasteiger partial charge in [-0.1, -0.05) is 20.8 Å². The summed E-state index contributed by atoms with van der Waals surface area (Å²) in [6.45, 7) is 6.38. The molecular weight excluding hydrogens is 254 g/mol. The normalized spacial score (nSPS) is 23.4. The van der Waals surface area contributed by atoms with Gasteiger partial charge in [-0.3, -0.25) is 9.78 Å². The summed E-state index contributed by atoms with van der Waals surface area (Å²) in [4.78, 5) is 15.3. The van der Waals surface area contributed by atoms with Crippen molar-refractivity contribution < 1.29 is 14.6 Å². The molecule has 0 aromatic carbocycles. The molecule has 1 fully saturated rings. The fraction of sp³-hybridized carbons (Fsp3) is 0.625. The topological polar surface area (TPSA) is 59.4 Å². The van der Waals surface area contributed by atoms with E-state index in [0.717, 1.165) is 24.3 Å². The van der Waals surface area contributed by atoms with Crippen LogP contribution < -0.4 is 4.74 Å². The van der Waals surface area contributed by atoms with Crippen LogP contribution in [-0.4, -0.2) is 22.2 Å². The van der Waals surface area contributed by atoms with Gasteiger partial charge < -0.3 is 9.84 Å². The predicted octanol–water partition coefficient (Wildman–Crippen LogP) is 3.40. The average molecular weight is 277 g/mol. The van der Waals surface area contributed by atoms with Crippen LogP contribution in [0.15, 0.2) is 18.3 Å². The van der Waals surface area contributed by atoms with Crippen LogP contribution in [0.25, 0.3) is 0 Å². The van der Waals surface area contributed by atoms with Gasteiger partial charge in [0.05, 0.1) is 18.2 Å². The van der Waals surface area contributed by atoms with Crippen molar-refractivity contribution >= 4 is 5.97 Å². The number of aliphatic carboxylic acids is 1. The van der Waals surface area contributed by atoms with Gasteiger partial charge in [-0.05, 0) is 37.8 Å². The molecule has 0 spiro atoms. The lowest BCUT2D eigenvalue weighted by molar-refractivity contribution is -0.143. The Morgan fingerprint density at radius 2 is 1.90 bits per heavy atom. The number of ether oxygens (including phenoxy) is 1. The van der Waals surface area contributed by atoms with Gasteiger partial charge in [-0.2, -0.15) is 0 Å². The van der Waals surface area contributed by atoms with Crippen molar-refractivity contribution in [1.82, 2.24) is 4.98 Å². The van der Waals surface area contributed by atoms with E-state index >= 15 is 0 Å². The van der Waals surface area contributed by atoms with Crippen molar-refractivity contribution in [1.29, 1.82) is 0 Å². The Hall–Kier alpha value is -1.58. The molecule has 0 amide bonds. The highest BCUT2D eigenvalue weighted by molar-refractivity contribution is 5.70. The number of pyridine rings is 1. The monoisotopic (exact) mass is 277 g/mol. The highest BCUT2D eigenvalue weighted by atomic mass is 16.5. The molecule has 20 heavy (non-hydrogen) atoms. The Balaban J connectivity index is 1.90. The predicted molar refractivity (Wildman–Crippen MR) is 76.9 cm³/mol. The Morgan fingerprint density at radius 3 is 2.35 bits per heavy atom. The molecule has 1 aliphatic carbocycles. The van der Waals surface area contributed by atoms with Gasteiger partial charge in [0.1, 0.15) is 5.75 Å². The first kappa shape index (κ1) is 14.8. The SMILES string of the molecule is CC(C)(C)c1ccc(OC2CCC(C(=O)O)CC2)cn1. The van der Waals surface area contributed by atoms with Gasteiger partial charge in [0, 0.05) is 11.1 Å². The van der Waals surface area contributed by atoms with Crippen LogP contribution in [-0.2, 0) is 10.2 Å². The lowest BCUT2D eigenvalue weighted by atomic mass is 9.87. The molecule has 1 N–H and O–H groups in total. The molecule has 0 aliphatic heterocycles. The third kappa shape index (κ3) is 3.71. The summed E-state index contributed by atoms with van der Waals surface area (Å²) >= 11 is 0. The van der Waals surface area contributed by atoms with Gasteiger partial charge in [0.2, 0.25) is 0 Å². The third-order valence-corrected chi connectivity index (χ3v) is 3.83. The highest BCUT2D eigenvalue weighted by Crippen LogP contribution is 2.28. The van der Waals surface area contributed by atoms with Gasteiger partial charge >= 0.3 is 5.97 Å². The Morgan fingerprint density at radius 1 is 1.25 bits per heavy atom. The van der Waals surface area contributed by atoms with Crippen LogP contribution in [0.3, 0.4) is 0 Å². The number of carboxylic acid groups (broad SMARTS) is 1. The van der Waals surface area contributed by atoms with Crippen molar-refractivity contribution in [2.75, 3.05) is 0 Å². The van der Waals surface area contributed by atoms with Gasteiger partial charge in [-0.15, -0.1) is 0 Å². The zero-order chi connectivity index (χ0) is 14.8. The standard InChI is InChI=1S/C16H23NO3/c1-16(2,3)14-9-8-13(10-17-14)20-12-6-4-11(5-7-12)15(18)19/h8-12H,4-7H2,1-3H3,(H,18,19). The number of hydrogen-bond donors (Lipinski definition) is 1. The molecule has 4 nitrogen and oxygen atoms in total. The number of hydrogen-bond acceptors (Lipinski definition) is 3. The van der Waals surface area contributed by atoms with Gasteiger partial charge in [0.25, 0.3) is 0 Å². The van der Waals surface area contributed by atoms with Crippen LogP contribution in [0, 0.1) is 5.92 Å². The molecule has 0 atom stereocenters. The highest BCUT2D eigenvalue weighted by Gasteiger charge is 2.27. The summed E-state index contributed by atoms with van der Waals surface area (Å²) in [5, 5.41) is 8.97. The maximum atomic E-state index is 10.9. The molecule has 0 unspecified atom stereocenters. The summed E-state index contributed by atoms with van der Waals surface area (Å²) in [7, 11) is 0. The minimum Gasteiger partial charge on any atom is -0.489 e. The largest absolute Gasteiger partial charge is 0.489 e. The van der Waals surface area contributed by atoms with E-state index in [1.165, 1.54) is 0 Å². The van der Waals surface area contributed by atoms with Crippen LogP contribution in [0.5, 0.6) is 5.75 Å². The van der Waals surface area contributed by atoms with Crippen molar-refractivity contribution in [2.45, 2.75) is 58.0 Å². The number of nitrogens with zero attached hydrogens (tertiary/aromatic N) is 1. The number of aromatic nitrogens is 1.